The monoisotopic (exact) mass is 486 g/mol. The van der Waals surface area contributed by atoms with Gasteiger partial charge in [-0.05, 0) is 76.0 Å². The summed E-state index contributed by atoms with van der Waals surface area (Å²) in [5, 5.41) is 35.0. The number of hydrogen-bond donors (Lipinski definition) is 4. The average molecular weight is 487 g/mol. The van der Waals surface area contributed by atoms with Crippen molar-refractivity contribution in [3.63, 3.8) is 0 Å². The van der Waals surface area contributed by atoms with E-state index in [1.165, 1.54) is 29.9 Å². The van der Waals surface area contributed by atoms with Crippen molar-refractivity contribution in [2.75, 3.05) is 0 Å². The molecule has 5 aliphatic carbocycles. The molecular weight excluding hydrogens is 452 g/mol. The predicted octanol–water partition coefficient (Wildman–Crippen LogP) is 4.52. The van der Waals surface area contributed by atoms with Crippen molar-refractivity contribution in [1.82, 2.24) is 0 Å². The van der Waals surface area contributed by atoms with E-state index in [1.807, 2.05) is 18.6 Å². The molecular formula is C27H34O8. The predicted molar refractivity (Wildman–Crippen MR) is 130 cm³/mol. The first-order chi connectivity index (χ1) is 16.2. The van der Waals surface area contributed by atoms with Crippen LogP contribution in [0.25, 0.3) is 0 Å². The zero-order valence-corrected chi connectivity index (χ0v) is 19.8. The number of aliphatic hydroxyl groups is 1. The van der Waals surface area contributed by atoms with Crippen LogP contribution in [0.5, 0.6) is 0 Å². The van der Waals surface area contributed by atoms with Gasteiger partial charge in [-0.2, -0.15) is 0 Å². The molecule has 2 unspecified atom stereocenters. The highest BCUT2D eigenvalue weighted by molar-refractivity contribution is 5.88. The van der Waals surface area contributed by atoms with Gasteiger partial charge >= 0.3 is 17.9 Å². The van der Waals surface area contributed by atoms with Gasteiger partial charge in [0.15, 0.2) is 0 Å². The van der Waals surface area contributed by atoms with Gasteiger partial charge in [-0.15, -0.1) is 0 Å². The molecule has 0 bridgehead atoms. The van der Waals surface area contributed by atoms with Crippen LogP contribution in [0.2, 0.25) is 0 Å². The Labute approximate surface area is 205 Å². The summed E-state index contributed by atoms with van der Waals surface area (Å²) in [6.07, 6.45) is 16.2. The summed E-state index contributed by atoms with van der Waals surface area (Å²) in [6, 6.07) is 0. The van der Waals surface area contributed by atoms with Crippen LogP contribution in [0.15, 0.2) is 58.4 Å². The van der Waals surface area contributed by atoms with E-state index in [0.29, 0.717) is 36.0 Å². The molecule has 2 radical (unpaired) electrons. The van der Waals surface area contributed by atoms with Crippen molar-refractivity contribution in [1.29, 1.82) is 0 Å². The molecule has 190 valence electrons. The minimum absolute atomic E-state index is 0. The first-order valence-corrected chi connectivity index (χ1v) is 11.7. The molecule has 8 nitrogen and oxygen atoms in total. The molecule has 0 aliphatic heterocycles. The van der Waals surface area contributed by atoms with Crippen molar-refractivity contribution in [3.8, 4) is 0 Å². The number of carboxylic acids is 3. The van der Waals surface area contributed by atoms with Crippen LogP contribution >= 0.6 is 0 Å². The van der Waals surface area contributed by atoms with Crippen LogP contribution in [0.3, 0.4) is 0 Å². The first-order valence-electron chi connectivity index (χ1n) is 11.7. The van der Waals surface area contributed by atoms with Gasteiger partial charge in [-0.3, -0.25) is 0 Å². The van der Waals surface area contributed by atoms with E-state index in [9.17, 15) is 14.4 Å². The van der Waals surface area contributed by atoms with E-state index >= 15 is 0 Å². The Morgan fingerprint density at radius 3 is 1.89 bits per heavy atom. The molecule has 6 N–H and O–H groups in total. The number of rotatable bonds is 4. The third kappa shape index (κ3) is 7.42. The van der Waals surface area contributed by atoms with Crippen LogP contribution in [0, 0.1) is 24.2 Å². The second kappa shape index (κ2) is 12.5. The van der Waals surface area contributed by atoms with Gasteiger partial charge in [-0.25, -0.2) is 14.4 Å². The maximum Gasteiger partial charge on any atom is 0.331 e. The fraction of sp³-hybridized carbons (Fsp3) is 0.444. The van der Waals surface area contributed by atoms with Crippen molar-refractivity contribution in [3.05, 3.63) is 70.8 Å². The molecule has 1 saturated carbocycles. The summed E-state index contributed by atoms with van der Waals surface area (Å²) in [7, 11) is 0. The first kappa shape index (κ1) is 28.1. The Bertz CT molecular complexity index is 963. The molecule has 0 amide bonds. The summed E-state index contributed by atoms with van der Waals surface area (Å²) in [5.41, 5.74) is 4.41. The zero-order chi connectivity index (χ0) is 24.8. The van der Waals surface area contributed by atoms with E-state index < -0.39 is 17.9 Å². The highest BCUT2D eigenvalue weighted by atomic mass is 16.4. The lowest BCUT2D eigenvalue weighted by Gasteiger charge is -2.38. The molecule has 2 atom stereocenters. The van der Waals surface area contributed by atoms with E-state index in [2.05, 4.69) is 6.58 Å². The van der Waals surface area contributed by atoms with Crippen LogP contribution < -0.4 is 0 Å². The van der Waals surface area contributed by atoms with E-state index in [1.54, 1.807) is 6.08 Å². The summed E-state index contributed by atoms with van der Waals surface area (Å²) in [4.78, 5) is 31.6. The minimum Gasteiger partial charge on any atom is -0.513 e. The molecule has 0 spiro atoms. The van der Waals surface area contributed by atoms with E-state index in [0.717, 1.165) is 38.0 Å². The number of aliphatic carboxylic acids is 3. The van der Waals surface area contributed by atoms with Gasteiger partial charge in [0.1, 0.15) is 0 Å². The van der Waals surface area contributed by atoms with Crippen molar-refractivity contribution < 1.29 is 40.3 Å². The quantitative estimate of drug-likeness (QED) is 0.335. The highest BCUT2D eigenvalue weighted by Gasteiger charge is 2.35. The Kier molecular flexibility index (Phi) is 10.1. The summed E-state index contributed by atoms with van der Waals surface area (Å²) < 4.78 is 0. The topological polar surface area (TPSA) is 164 Å². The largest absolute Gasteiger partial charge is 0.513 e. The van der Waals surface area contributed by atoms with E-state index in [-0.39, 0.29) is 17.2 Å². The Hall–Kier alpha value is -3.13. The van der Waals surface area contributed by atoms with Gasteiger partial charge < -0.3 is 25.9 Å². The van der Waals surface area contributed by atoms with Crippen molar-refractivity contribution in [2.24, 2.45) is 11.8 Å². The second-order valence-electron chi connectivity index (χ2n) is 9.27. The Morgan fingerprint density at radius 1 is 0.800 bits per heavy atom. The van der Waals surface area contributed by atoms with Gasteiger partial charge in [-0.1, -0.05) is 36.0 Å². The van der Waals surface area contributed by atoms with Crippen LogP contribution in [0.4, 0.5) is 0 Å². The summed E-state index contributed by atoms with van der Waals surface area (Å²) in [6.45, 7) is 3.38. The Morgan fingerprint density at radius 2 is 1.43 bits per heavy atom. The second-order valence-corrected chi connectivity index (χ2v) is 9.27. The molecule has 0 saturated heterocycles. The molecule has 0 aromatic heterocycles. The number of allylic oxidation sites excluding steroid dienone is 6. The third-order valence-electron chi connectivity index (χ3n) is 7.16. The highest BCUT2D eigenvalue weighted by Crippen LogP contribution is 2.46. The molecule has 35 heavy (non-hydrogen) atoms. The van der Waals surface area contributed by atoms with Crippen LogP contribution in [-0.4, -0.2) is 43.8 Å². The molecule has 5 aliphatic rings. The number of hydrogen-bond acceptors (Lipinski definition) is 4. The average Bonchev–Trinajstić information content (AvgIpc) is 2.76. The lowest BCUT2D eigenvalue weighted by Crippen LogP contribution is -2.28. The lowest BCUT2D eigenvalue weighted by atomic mass is 9.66. The maximum absolute atomic E-state index is 10.5. The molecule has 8 heteroatoms. The van der Waals surface area contributed by atoms with Gasteiger partial charge in [0, 0.05) is 29.1 Å². The van der Waals surface area contributed by atoms with Crippen LogP contribution in [-0.2, 0) is 14.4 Å². The minimum atomic E-state index is -0.908. The van der Waals surface area contributed by atoms with Gasteiger partial charge in [0.25, 0.3) is 0 Å². The molecule has 5 rings (SSSR count). The SMILES string of the molecule is C=C(O)C1[CH]CC=C(C(=O)O)C1.O.O=C(O)C1=CCC2=C(CC2)C1.O=C(O)C1=CCC2CC[C]2C1. The number of aliphatic hydroxyl groups excluding tert-OH is 1. The van der Waals surface area contributed by atoms with Crippen molar-refractivity contribution in [2.45, 2.75) is 64.2 Å². The van der Waals surface area contributed by atoms with Crippen molar-refractivity contribution >= 4 is 17.9 Å². The summed E-state index contributed by atoms with van der Waals surface area (Å²) in [5.74, 6) is -0.341. The zero-order valence-electron chi connectivity index (χ0n) is 19.8. The lowest BCUT2D eigenvalue weighted by molar-refractivity contribution is -0.133. The van der Waals surface area contributed by atoms with Gasteiger partial charge in [0.05, 0.1) is 5.76 Å². The van der Waals surface area contributed by atoms with Gasteiger partial charge in [0.2, 0.25) is 0 Å². The molecule has 1 fully saturated rings. The van der Waals surface area contributed by atoms with E-state index in [4.69, 9.17) is 20.4 Å². The number of fused-ring (bicyclic) bond motifs is 1. The standard InChI is InChI=1S/C9H11O3.C9H11O2.C9H10O2.H2O/c1-6(10)7-3-2-4-8(5-7)9(11)12;2*10-9(11)8-4-2-6-1-3-7(6)5-8;/h3-4,7,10H,1-2,5H2,(H,11,12);4,6H,1-3,5H2,(H,10,11);4H,1-3,5H2,(H,10,11);1H2. The fourth-order valence-electron chi connectivity index (χ4n) is 4.69. The molecule has 0 heterocycles. The number of carboxylic acid groups (broad SMARTS) is 3. The maximum atomic E-state index is 10.5. The number of carbonyl (C=O) groups is 3. The molecule has 0 aromatic rings. The van der Waals surface area contributed by atoms with Crippen LogP contribution in [0.1, 0.15) is 64.2 Å². The third-order valence-corrected chi connectivity index (χ3v) is 7.16. The summed E-state index contributed by atoms with van der Waals surface area (Å²) >= 11 is 0. The smallest absolute Gasteiger partial charge is 0.331 e. The fourth-order valence-corrected chi connectivity index (χ4v) is 4.69. The Balaban J connectivity index is 0.000000183. The normalized spacial score (nSPS) is 24.3. The molecule has 0 aromatic carbocycles.